The first kappa shape index (κ1) is 11.1. The van der Waals surface area contributed by atoms with Crippen LogP contribution in [0.2, 0.25) is 0 Å². The Labute approximate surface area is 83.5 Å². The number of nitrogens with one attached hydrogen (secondary N) is 1. The highest BCUT2D eigenvalue weighted by molar-refractivity contribution is 6.11. The Morgan fingerprint density at radius 3 is 2.54 bits per heavy atom. The quantitative estimate of drug-likeness (QED) is 0.637. The minimum atomic E-state index is 0.427. The van der Waals surface area contributed by atoms with Crippen molar-refractivity contribution in [1.29, 1.82) is 0 Å². The molecule has 1 aliphatic heterocycles. The molecular weight excluding hydrogens is 159 g/mol. The van der Waals surface area contributed by atoms with Gasteiger partial charge in [0.1, 0.15) is 7.85 Å². The number of hydrogen-bond donors (Lipinski definition) is 1. The Hall–Kier alpha value is -0.0151. The maximum absolute atomic E-state index is 3.49. The summed E-state index contributed by atoms with van der Waals surface area (Å²) >= 11 is 0. The van der Waals surface area contributed by atoms with Crippen molar-refractivity contribution in [2.45, 2.75) is 45.1 Å². The maximum atomic E-state index is 3.49. The van der Waals surface area contributed by atoms with Gasteiger partial charge < -0.3 is 5.32 Å². The number of rotatable bonds is 3. The van der Waals surface area contributed by atoms with E-state index < -0.39 is 0 Å². The molecule has 3 heteroatoms. The topological polar surface area (TPSA) is 15.3 Å². The van der Waals surface area contributed by atoms with E-state index in [9.17, 15) is 0 Å². The Morgan fingerprint density at radius 1 is 1.46 bits per heavy atom. The molecule has 1 unspecified atom stereocenters. The van der Waals surface area contributed by atoms with E-state index in [2.05, 4.69) is 38.8 Å². The van der Waals surface area contributed by atoms with Crippen molar-refractivity contribution in [2.24, 2.45) is 0 Å². The molecule has 1 aliphatic rings. The van der Waals surface area contributed by atoms with Gasteiger partial charge in [0, 0.05) is 25.2 Å². The first-order valence-electron chi connectivity index (χ1n) is 5.61. The van der Waals surface area contributed by atoms with Crippen LogP contribution in [0.1, 0.15) is 33.6 Å². The second-order valence-electron chi connectivity index (χ2n) is 4.51. The highest BCUT2D eigenvalue weighted by Gasteiger charge is 2.30. The van der Waals surface area contributed by atoms with Crippen molar-refractivity contribution in [3.63, 3.8) is 0 Å². The summed E-state index contributed by atoms with van der Waals surface area (Å²) in [6.45, 7) is 10.6. The molecule has 2 nitrogen and oxygen atoms in total. The molecule has 1 fully saturated rings. The Bertz CT molecular complexity index is 157. The van der Waals surface area contributed by atoms with Gasteiger partial charge in [-0.1, -0.05) is 13.8 Å². The van der Waals surface area contributed by atoms with Crippen LogP contribution in [-0.2, 0) is 0 Å². The molecule has 0 aromatic heterocycles. The molecule has 1 heterocycles. The van der Waals surface area contributed by atoms with Crippen LogP contribution in [0.4, 0.5) is 0 Å². The molecule has 0 aromatic carbocycles. The highest BCUT2D eigenvalue weighted by Crippen LogP contribution is 2.23. The fourth-order valence-electron chi connectivity index (χ4n) is 2.12. The number of nitrogens with zero attached hydrogens (tertiary/aromatic N) is 1. The fourth-order valence-corrected chi connectivity index (χ4v) is 2.12. The van der Waals surface area contributed by atoms with Gasteiger partial charge in [-0.25, -0.2) is 0 Å². The van der Waals surface area contributed by atoms with Gasteiger partial charge in [-0.3, -0.25) is 4.90 Å². The van der Waals surface area contributed by atoms with E-state index in [1.54, 1.807) is 0 Å². The summed E-state index contributed by atoms with van der Waals surface area (Å²) in [5.74, 6) is 0.658. The van der Waals surface area contributed by atoms with E-state index in [1.807, 2.05) is 0 Å². The van der Waals surface area contributed by atoms with Gasteiger partial charge in [0.2, 0.25) is 0 Å². The van der Waals surface area contributed by atoms with Crippen LogP contribution in [0.25, 0.3) is 0 Å². The average molecular weight is 182 g/mol. The first-order valence-corrected chi connectivity index (χ1v) is 5.61. The predicted octanol–water partition coefficient (Wildman–Crippen LogP) is 0.429. The van der Waals surface area contributed by atoms with E-state index in [4.69, 9.17) is 0 Å². The molecule has 13 heavy (non-hydrogen) atoms. The standard InChI is InChI=1S/C10H23BN2/c1-4-10(3,5-2)13-7-6-12-9(11)8-13/h9,12H,4-8,11H2,1-3H3. The summed E-state index contributed by atoms with van der Waals surface area (Å²) in [6, 6.07) is 0. The molecule has 0 amide bonds. The minimum absolute atomic E-state index is 0.427. The van der Waals surface area contributed by atoms with E-state index >= 15 is 0 Å². The van der Waals surface area contributed by atoms with Crippen molar-refractivity contribution in [3.8, 4) is 0 Å². The second-order valence-corrected chi connectivity index (χ2v) is 4.51. The summed E-state index contributed by atoms with van der Waals surface area (Å²) in [4.78, 5) is 2.65. The first-order chi connectivity index (χ1) is 6.12. The van der Waals surface area contributed by atoms with Gasteiger partial charge in [0.15, 0.2) is 0 Å². The summed E-state index contributed by atoms with van der Waals surface area (Å²) < 4.78 is 0. The van der Waals surface area contributed by atoms with Gasteiger partial charge in [-0.05, 0) is 25.7 Å². The lowest BCUT2D eigenvalue weighted by molar-refractivity contribution is 0.0746. The molecule has 1 rings (SSSR count). The van der Waals surface area contributed by atoms with Crippen LogP contribution in [0.15, 0.2) is 0 Å². The molecule has 76 valence electrons. The van der Waals surface area contributed by atoms with Gasteiger partial charge >= 0.3 is 0 Å². The molecule has 0 radical (unpaired) electrons. The predicted molar refractivity (Wildman–Crippen MR) is 60.9 cm³/mol. The third-order valence-corrected chi connectivity index (χ3v) is 3.66. The molecule has 0 spiro atoms. The van der Waals surface area contributed by atoms with Crippen molar-refractivity contribution >= 4 is 7.85 Å². The summed E-state index contributed by atoms with van der Waals surface area (Å²) in [6.07, 6.45) is 2.52. The molecule has 0 saturated carbocycles. The Balaban J connectivity index is 2.57. The summed E-state index contributed by atoms with van der Waals surface area (Å²) in [5, 5.41) is 3.49. The lowest BCUT2D eigenvalue weighted by Crippen LogP contribution is -2.58. The second kappa shape index (κ2) is 4.47. The molecule has 1 saturated heterocycles. The smallest absolute Gasteiger partial charge is 0.125 e. The van der Waals surface area contributed by atoms with Crippen LogP contribution in [-0.4, -0.2) is 43.9 Å². The monoisotopic (exact) mass is 182 g/mol. The Morgan fingerprint density at radius 2 is 2.08 bits per heavy atom. The van der Waals surface area contributed by atoms with Crippen molar-refractivity contribution < 1.29 is 0 Å². The van der Waals surface area contributed by atoms with Gasteiger partial charge in [-0.2, -0.15) is 0 Å². The van der Waals surface area contributed by atoms with E-state index in [0.717, 1.165) is 6.54 Å². The molecular formula is C10H23BN2. The maximum Gasteiger partial charge on any atom is 0.125 e. The van der Waals surface area contributed by atoms with Crippen LogP contribution in [0.5, 0.6) is 0 Å². The van der Waals surface area contributed by atoms with Gasteiger partial charge in [0.25, 0.3) is 0 Å². The molecule has 0 aliphatic carbocycles. The summed E-state index contributed by atoms with van der Waals surface area (Å²) in [7, 11) is 2.28. The van der Waals surface area contributed by atoms with E-state index in [0.29, 0.717) is 11.5 Å². The van der Waals surface area contributed by atoms with Gasteiger partial charge in [-0.15, -0.1) is 0 Å². The molecule has 0 aromatic rings. The lowest BCUT2D eigenvalue weighted by atomic mass is 9.87. The van der Waals surface area contributed by atoms with Crippen LogP contribution in [0.3, 0.4) is 0 Å². The minimum Gasteiger partial charge on any atom is -0.319 e. The highest BCUT2D eigenvalue weighted by atomic mass is 15.2. The number of hydrogen-bond acceptors (Lipinski definition) is 2. The third-order valence-electron chi connectivity index (χ3n) is 3.66. The van der Waals surface area contributed by atoms with E-state index in [-0.39, 0.29) is 0 Å². The molecule has 0 bridgehead atoms. The Kier molecular flexibility index (Phi) is 3.80. The van der Waals surface area contributed by atoms with Crippen molar-refractivity contribution in [3.05, 3.63) is 0 Å². The lowest BCUT2D eigenvalue weighted by Gasteiger charge is -2.45. The van der Waals surface area contributed by atoms with E-state index in [1.165, 1.54) is 25.9 Å². The van der Waals surface area contributed by atoms with Crippen molar-refractivity contribution in [2.75, 3.05) is 19.6 Å². The zero-order valence-electron chi connectivity index (χ0n) is 9.56. The molecule has 1 atom stereocenters. The average Bonchev–Trinajstić information content (AvgIpc) is 2.17. The van der Waals surface area contributed by atoms with Crippen LogP contribution < -0.4 is 5.32 Å². The largest absolute Gasteiger partial charge is 0.319 e. The zero-order valence-corrected chi connectivity index (χ0v) is 9.56. The normalized spacial score (nSPS) is 26.2. The molecule has 1 N–H and O–H groups in total. The fraction of sp³-hybridized carbons (Fsp3) is 1.00. The van der Waals surface area contributed by atoms with Crippen molar-refractivity contribution in [1.82, 2.24) is 10.2 Å². The van der Waals surface area contributed by atoms with Crippen LogP contribution in [0, 0.1) is 0 Å². The van der Waals surface area contributed by atoms with Crippen LogP contribution >= 0.6 is 0 Å². The van der Waals surface area contributed by atoms with Gasteiger partial charge in [0.05, 0.1) is 0 Å². The third kappa shape index (κ3) is 2.47. The SMILES string of the molecule is BC1CN(C(C)(CC)CC)CCN1. The number of piperazine rings is 1. The summed E-state index contributed by atoms with van der Waals surface area (Å²) in [5.41, 5.74) is 0.427. The zero-order chi connectivity index (χ0) is 9.90.